The van der Waals surface area contributed by atoms with E-state index < -0.39 is 0 Å². The van der Waals surface area contributed by atoms with Crippen molar-refractivity contribution >= 4 is 32.7 Å². The first kappa shape index (κ1) is 14.1. The van der Waals surface area contributed by atoms with Crippen molar-refractivity contribution in [3.05, 3.63) is 78.6 Å². The zero-order valence-corrected chi connectivity index (χ0v) is 13.2. The van der Waals surface area contributed by atoms with Crippen molar-refractivity contribution in [2.45, 2.75) is 0 Å². The molecule has 1 N–H and O–H groups in total. The van der Waals surface area contributed by atoms with Crippen LogP contribution in [0.15, 0.2) is 77.2 Å². The first-order valence-corrected chi connectivity index (χ1v) is 8.05. The molecule has 0 atom stereocenters. The molecule has 5 aromatic rings. The zero-order chi connectivity index (χ0) is 17.0. The molecule has 0 bridgehead atoms. The largest absolute Gasteiger partial charge is 0.507 e. The molecule has 25 heavy (non-hydrogen) atoms. The van der Waals surface area contributed by atoms with Gasteiger partial charge in [0.1, 0.15) is 22.7 Å². The van der Waals surface area contributed by atoms with E-state index in [2.05, 4.69) is 0 Å². The van der Waals surface area contributed by atoms with Crippen molar-refractivity contribution in [3.63, 3.8) is 0 Å². The van der Waals surface area contributed by atoms with Crippen LogP contribution in [0.25, 0.3) is 43.8 Å². The van der Waals surface area contributed by atoms with Crippen molar-refractivity contribution in [2.75, 3.05) is 0 Å². The van der Waals surface area contributed by atoms with Gasteiger partial charge in [-0.3, -0.25) is 0 Å². The molecular formula is C22H13FO2. The molecule has 120 valence electrons. The number of phenolic OH excluding ortho intramolecular Hbond substituents is 1. The average Bonchev–Trinajstić information content (AvgIpc) is 3.01. The minimum Gasteiger partial charge on any atom is -0.507 e. The Kier molecular flexibility index (Phi) is 2.86. The normalized spacial score (nSPS) is 11.6. The molecule has 0 unspecified atom stereocenters. The van der Waals surface area contributed by atoms with Gasteiger partial charge >= 0.3 is 0 Å². The molecule has 5 rings (SSSR count). The summed E-state index contributed by atoms with van der Waals surface area (Å²) in [5.74, 6) is -0.332. The molecule has 0 aliphatic heterocycles. The highest BCUT2D eigenvalue weighted by Gasteiger charge is 2.20. The summed E-state index contributed by atoms with van der Waals surface area (Å²) in [4.78, 5) is 0. The monoisotopic (exact) mass is 328 g/mol. The lowest BCUT2D eigenvalue weighted by Crippen LogP contribution is -1.89. The Morgan fingerprint density at radius 1 is 0.680 bits per heavy atom. The summed E-state index contributed by atoms with van der Waals surface area (Å²) in [6.45, 7) is 0. The molecule has 0 saturated carbocycles. The number of benzene rings is 4. The molecule has 0 radical (unpaired) electrons. The van der Waals surface area contributed by atoms with Crippen molar-refractivity contribution in [1.82, 2.24) is 0 Å². The number of fused-ring (bicyclic) bond motifs is 4. The predicted octanol–water partition coefficient (Wildman–Crippen LogP) is 6.25. The van der Waals surface area contributed by atoms with Gasteiger partial charge in [0, 0.05) is 21.9 Å². The predicted molar refractivity (Wildman–Crippen MR) is 98.3 cm³/mol. The fraction of sp³-hybridized carbons (Fsp3) is 0. The van der Waals surface area contributed by atoms with Crippen LogP contribution < -0.4 is 0 Å². The summed E-state index contributed by atoms with van der Waals surface area (Å²) in [5, 5.41) is 13.9. The number of hydrogen-bond acceptors (Lipinski definition) is 2. The smallest absolute Gasteiger partial charge is 0.136 e. The van der Waals surface area contributed by atoms with Crippen LogP contribution in [-0.2, 0) is 0 Å². The number of furan rings is 1. The van der Waals surface area contributed by atoms with E-state index in [0.29, 0.717) is 22.3 Å². The molecule has 3 heteroatoms. The van der Waals surface area contributed by atoms with Gasteiger partial charge in [0.15, 0.2) is 0 Å². The fourth-order valence-electron chi connectivity index (χ4n) is 3.56. The van der Waals surface area contributed by atoms with Crippen molar-refractivity contribution in [2.24, 2.45) is 0 Å². The summed E-state index contributed by atoms with van der Waals surface area (Å²) in [7, 11) is 0. The second-order valence-electron chi connectivity index (χ2n) is 6.07. The third kappa shape index (κ3) is 1.96. The topological polar surface area (TPSA) is 33.4 Å². The number of halogens is 1. The second-order valence-corrected chi connectivity index (χ2v) is 6.07. The van der Waals surface area contributed by atoms with Crippen LogP contribution in [0, 0.1) is 5.82 Å². The van der Waals surface area contributed by atoms with Crippen LogP contribution >= 0.6 is 0 Å². The Bertz CT molecular complexity index is 1270. The van der Waals surface area contributed by atoms with E-state index >= 15 is 0 Å². The van der Waals surface area contributed by atoms with Crippen LogP contribution in [0.4, 0.5) is 4.39 Å². The van der Waals surface area contributed by atoms with Gasteiger partial charge < -0.3 is 9.52 Å². The molecule has 0 aliphatic rings. The number of para-hydroxylation sites is 1. The van der Waals surface area contributed by atoms with Crippen molar-refractivity contribution < 1.29 is 13.9 Å². The first-order chi connectivity index (χ1) is 12.2. The molecule has 0 fully saturated rings. The average molecular weight is 328 g/mol. The molecule has 0 saturated heterocycles. The summed E-state index contributed by atoms with van der Waals surface area (Å²) in [6, 6.07) is 21.6. The quantitative estimate of drug-likeness (QED) is 0.394. The number of aromatic hydroxyl groups is 1. The van der Waals surface area contributed by atoms with Gasteiger partial charge in [-0.1, -0.05) is 48.5 Å². The Labute approximate surface area is 142 Å². The Morgan fingerprint density at radius 2 is 1.44 bits per heavy atom. The lowest BCUT2D eigenvalue weighted by molar-refractivity contribution is 0.477. The Hall–Kier alpha value is -3.33. The molecule has 0 spiro atoms. The highest BCUT2D eigenvalue weighted by Crippen LogP contribution is 2.44. The third-order valence-corrected chi connectivity index (χ3v) is 4.65. The third-order valence-electron chi connectivity index (χ3n) is 4.65. The number of phenols is 1. The number of rotatable bonds is 1. The molecule has 0 amide bonds. The van der Waals surface area contributed by atoms with Gasteiger partial charge in [0.05, 0.1) is 0 Å². The first-order valence-electron chi connectivity index (χ1n) is 8.05. The SMILES string of the molecule is Oc1ccc2oc3ccccc3c2c1-c1c(F)ccc2ccccc12. The van der Waals surface area contributed by atoms with Crippen LogP contribution in [0.1, 0.15) is 0 Å². The number of hydrogen-bond donors (Lipinski definition) is 1. The minimum atomic E-state index is -0.369. The van der Waals surface area contributed by atoms with Crippen molar-refractivity contribution in [1.29, 1.82) is 0 Å². The fourth-order valence-corrected chi connectivity index (χ4v) is 3.56. The Morgan fingerprint density at radius 3 is 2.32 bits per heavy atom. The van der Waals surface area contributed by atoms with E-state index in [0.717, 1.165) is 21.5 Å². The van der Waals surface area contributed by atoms with E-state index in [4.69, 9.17) is 4.42 Å². The molecule has 2 nitrogen and oxygen atoms in total. The van der Waals surface area contributed by atoms with Gasteiger partial charge in [-0.25, -0.2) is 4.39 Å². The lowest BCUT2D eigenvalue weighted by Gasteiger charge is -2.11. The van der Waals surface area contributed by atoms with Crippen LogP contribution in [0.3, 0.4) is 0 Å². The van der Waals surface area contributed by atoms with Gasteiger partial charge in [-0.2, -0.15) is 0 Å². The lowest BCUT2D eigenvalue weighted by atomic mass is 9.93. The zero-order valence-electron chi connectivity index (χ0n) is 13.2. The van der Waals surface area contributed by atoms with Gasteiger partial charge in [-0.15, -0.1) is 0 Å². The molecule has 0 aliphatic carbocycles. The van der Waals surface area contributed by atoms with Crippen LogP contribution in [-0.4, -0.2) is 5.11 Å². The summed E-state index contributed by atoms with van der Waals surface area (Å²) >= 11 is 0. The standard InChI is InChI=1S/C22H13FO2/c23-16-10-9-13-5-1-2-6-14(13)20(16)22-17(24)11-12-19-21(22)15-7-3-4-8-18(15)25-19/h1-12,24H. The van der Waals surface area contributed by atoms with Gasteiger partial charge in [-0.05, 0) is 35.0 Å². The van der Waals surface area contributed by atoms with Gasteiger partial charge in [0.25, 0.3) is 0 Å². The highest BCUT2D eigenvalue weighted by atomic mass is 19.1. The van der Waals surface area contributed by atoms with E-state index in [1.807, 2.05) is 48.5 Å². The molecule has 1 aromatic heterocycles. The maximum absolute atomic E-state index is 14.9. The summed E-state index contributed by atoms with van der Waals surface area (Å²) in [6.07, 6.45) is 0. The summed E-state index contributed by atoms with van der Waals surface area (Å²) in [5.41, 5.74) is 2.20. The van der Waals surface area contributed by atoms with Crippen LogP contribution in [0.2, 0.25) is 0 Å². The van der Waals surface area contributed by atoms with E-state index in [1.165, 1.54) is 6.07 Å². The highest BCUT2D eigenvalue weighted by molar-refractivity contribution is 6.16. The minimum absolute atomic E-state index is 0.0364. The summed E-state index contributed by atoms with van der Waals surface area (Å²) < 4.78 is 20.8. The maximum atomic E-state index is 14.9. The van der Waals surface area contributed by atoms with Crippen molar-refractivity contribution in [3.8, 4) is 16.9 Å². The van der Waals surface area contributed by atoms with Crippen LogP contribution in [0.5, 0.6) is 5.75 Å². The van der Waals surface area contributed by atoms with E-state index in [-0.39, 0.29) is 11.6 Å². The molecule has 1 heterocycles. The van der Waals surface area contributed by atoms with E-state index in [9.17, 15) is 9.50 Å². The Balaban J connectivity index is 2.03. The van der Waals surface area contributed by atoms with Gasteiger partial charge in [0.2, 0.25) is 0 Å². The van der Waals surface area contributed by atoms with E-state index in [1.54, 1.807) is 18.2 Å². The molecule has 4 aromatic carbocycles. The molecular weight excluding hydrogens is 315 g/mol. The second kappa shape index (κ2) is 5.08. The maximum Gasteiger partial charge on any atom is 0.136 e.